The van der Waals surface area contributed by atoms with Crippen molar-refractivity contribution in [2.75, 3.05) is 33.7 Å². The van der Waals surface area contributed by atoms with E-state index in [9.17, 15) is 9.59 Å². The summed E-state index contributed by atoms with van der Waals surface area (Å²) in [6.45, 7) is 1.82. The van der Waals surface area contributed by atoms with Gasteiger partial charge in [-0.25, -0.2) is 0 Å². The van der Waals surface area contributed by atoms with Crippen molar-refractivity contribution < 1.29 is 19.8 Å². The summed E-state index contributed by atoms with van der Waals surface area (Å²) in [6, 6.07) is 0. The fourth-order valence-corrected chi connectivity index (χ4v) is 1.25. The molecule has 0 radical (unpaired) electrons. The third-order valence-corrected chi connectivity index (χ3v) is 2.12. The number of carboxylic acids is 2. The van der Waals surface area contributed by atoms with E-state index in [2.05, 4.69) is 5.32 Å². The molecule has 6 nitrogen and oxygen atoms in total. The number of hydrogen-bond donors (Lipinski definition) is 3. The molecule has 0 heterocycles. The lowest BCUT2D eigenvalue weighted by Gasteiger charge is -2.12. The highest BCUT2D eigenvalue weighted by Crippen LogP contribution is 2.01. The molecular weight excluding hydrogens is 212 g/mol. The molecule has 1 atom stereocenters. The number of nitrogens with zero attached hydrogens (tertiary/aromatic N) is 1. The van der Waals surface area contributed by atoms with E-state index < -0.39 is 17.9 Å². The number of aliphatic carboxylic acids is 2. The van der Waals surface area contributed by atoms with Gasteiger partial charge in [-0.15, -0.1) is 0 Å². The van der Waals surface area contributed by atoms with Crippen LogP contribution in [0.1, 0.15) is 12.8 Å². The molecule has 0 spiro atoms. The van der Waals surface area contributed by atoms with Crippen molar-refractivity contribution in [2.24, 2.45) is 5.92 Å². The van der Waals surface area contributed by atoms with E-state index in [-0.39, 0.29) is 13.0 Å². The Balaban J connectivity index is 3.69. The third kappa shape index (κ3) is 8.19. The Hall–Kier alpha value is -1.14. The molecule has 0 fully saturated rings. The molecule has 0 aromatic heterocycles. The Morgan fingerprint density at radius 2 is 1.94 bits per heavy atom. The molecule has 0 aliphatic carbocycles. The SMILES string of the molecule is CN(C)CCCNCC(CC(=O)O)C(=O)O. The molecule has 6 heteroatoms. The smallest absolute Gasteiger partial charge is 0.308 e. The molecule has 0 amide bonds. The molecule has 0 saturated heterocycles. The fraction of sp³-hybridized carbons (Fsp3) is 0.800. The van der Waals surface area contributed by atoms with Crippen LogP contribution >= 0.6 is 0 Å². The summed E-state index contributed by atoms with van der Waals surface area (Å²) >= 11 is 0. The lowest BCUT2D eigenvalue weighted by molar-refractivity contribution is -0.148. The monoisotopic (exact) mass is 232 g/mol. The Labute approximate surface area is 95.2 Å². The second kappa shape index (κ2) is 8.06. The zero-order valence-corrected chi connectivity index (χ0v) is 9.77. The van der Waals surface area contributed by atoms with Gasteiger partial charge in [0, 0.05) is 6.54 Å². The van der Waals surface area contributed by atoms with Crippen molar-refractivity contribution in [2.45, 2.75) is 12.8 Å². The molecule has 0 aromatic carbocycles. The van der Waals surface area contributed by atoms with Crippen LogP contribution in [0.5, 0.6) is 0 Å². The average molecular weight is 232 g/mol. The molecule has 0 rings (SSSR count). The Morgan fingerprint density at radius 3 is 2.38 bits per heavy atom. The van der Waals surface area contributed by atoms with E-state index >= 15 is 0 Å². The summed E-state index contributed by atoms with van der Waals surface area (Å²) in [5, 5.41) is 20.2. The van der Waals surface area contributed by atoms with Crippen molar-refractivity contribution in [3.05, 3.63) is 0 Å². The molecular formula is C10H20N2O4. The van der Waals surface area contributed by atoms with Crippen LogP contribution in [-0.4, -0.2) is 60.8 Å². The van der Waals surface area contributed by atoms with Gasteiger partial charge in [0.25, 0.3) is 0 Å². The molecule has 0 aromatic rings. The molecule has 1 unspecified atom stereocenters. The third-order valence-electron chi connectivity index (χ3n) is 2.12. The van der Waals surface area contributed by atoms with Crippen LogP contribution in [-0.2, 0) is 9.59 Å². The van der Waals surface area contributed by atoms with Gasteiger partial charge >= 0.3 is 11.9 Å². The normalized spacial score (nSPS) is 12.7. The molecule has 94 valence electrons. The first-order valence-corrected chi connectivity index (χ1v) is 5.23. The van der Waals surface area contributed by atoms with Gasteiger partial charge in [0.1, 0.15) is 0 Å². The first-order chi connectivity index (χ1) is 7.43. The highest BCUT2D eigenvalue weighted by molar-refractivity contribution is 5.77. The summed E-state index contributed by atoms with van der Waals surface area (Å²) in [4.78, 5) is 23.1. The van der Waals surface area contributed by atoms with Crippen LogP contribution in [0.3, 0.4) is 0 Å². The van der Waals surface area contributed by atoms with Crippen LogP contribution in [0.2, 0.25) is 0 Å². The minimum Gasteiger partial charge on any atom is -0.481 e. The van der Waals surface area contributed by atoms with Crippen LogP contribution in [0, 0.1) is 5.92 Å². The number of nitrogens with one attached hydrogen (secondary N) is 1. The lowest BCUT2D eigenvalue weighted by atomic mass is 10.1. The van der Waals surface area contributed by atoms with Gasteiger partial charge in [-0.1, -0.05) is 0 Å². The van der Waals surface area contributed by atoms with Gasteiger partial charge in [0.05, 0.1) is 12.3 Å². The molecule has 3 N–H and O–H groups in total. The Bertz CT molecular complexity index is 231. The summed E-state index contributed by atoms with van der Waals surface area (Å²) in [7, 11) is 3.93. The molecule has 0 aliphatic rings. The van der Waals surface area contributed by atoms with Crippen LogP contribution < -0.4 is 5.32 Å². The van der Waals surface area contributed by atoms with Crippen LogP contribution in [0.4, 0.5) is 0 Å². The van der Waals surface area contributed by atoms with E-state index in [0.717, 1.165) is 13.0 Å². The summed E-state index contributed by atoms with van der Waals surface area (Å²) < 4.78 is 0. The highest BCUT2D eigenvalue weighted by atomic mass is 16.4. The van der Waals surface area contributed by atoms with Crippen molar-refractivity contribution >= 4 is 11.9 Å². The largest absolute Gasteiger partial charge is 0.481 e. The Morgan fingerprint density at radius 1 is 1.31 bits per heavy atom. The van der Waals surface area contributed by atoms with Gasteiger partial charge in [-0.05, 0) is 33.6 Å². The Kier molecular flexibility index (Phi) is 7.49. The van der Waals surface area contributed by atoms with Gasteiger partial charge in [0.15, 0.2) is 0 Å². The van der Waals surface area contributed by atoms with E-state index in [1.54, 1.807) is 0 Å². The molecule has 0 bridgehead atoms. The van der Waals surface area contributed by atoms with E-state index in [0.29, 0.717) is 6.54 Å². The summed E-state index contributed by atoms with van der Waals surface area (Å²) in [5.41, 5.74) is 0. The maximum absolute atomic E-state index is 10.7. The maximum Gasteiger partial charge on any atom is 0.308 e. The quantitative estimate of drug-likeness (QED) is 0.473. The van der Waals surface area contributed by atoms with E-state index in [1.807, 2.05) is 19.0 Å². The topological polar surface area (TPSA) is 89.9 Å². The fourth-order valence-electron chi connectivity index (χ4n) is 1.25. The van der Waals surface area contributed by atoms with E-state index in [1.165, 1.54) is 0 Å². The minimum absolute atomic E-state index is 0.203. The van der Waals surface area contributed by atoms with Gasteiger partial charge in [-0.3, -0.25) is 9.59 Å². The minimum atomic E-state index is -1.08. The van der Waals surface area contributed by atoms with E-state index in [4.69, 9.17) is 10.2 Å². The van der Waals surface area contributed by atoms with Crippen molar-refractivity contribution in [3.63, 3.8) is 0 Å². The highest BCUT2D eigenvalue weighted by Gasteiger charge is 2.20. The molecule has 0 aliphatic heterocycles. The molecule has 0 saturated carbocycles. The number of carboxylic acid groups (broad SMARTS) is 2. The van der Waals surface area contributed by atoms with Crippen molar-refractivity contribution in [1.29, 1.82) is 0 Å². The van der Waals surface area contributed by atoms with Gasteiger partial charge in [-0.2, -0.15) is 0 Å². The number of hydrogen-bond acceptors (Lipinski definition) is 4. The van der Waals surface area contributed by atoms with Crippen LogP contribution in [0.15, 0.2) is 0 Å². The second-order valence-corrected chi connectivity index (χ2v) is 3.99. The number of rotatable bonds is 9. The summed E-state index contributed by atoms with van der Waals surface area (Å²) in [6.07, 6.45) is 0.572. The first-order valence-electron chi connectivity index (χ1n) is 5.23. The standard InChI is InChI=1S/C10H20N2O4/c1-12(2)5-3-4-11-7-8(10(15)16)6-9(13)14/h8,11H,3-7H2,1-2H3,(H,13,14)(H,15,16). The zero-order valence-electron chi connectivity index (χ0n) is 9.77. The van der Waals surface area contributed by atoms with Crippen molar-refractivity contribution in [1.82, 2.24) is 10.2 Å². The first kappa shape index (κ1) is 14.9. The van der Waals surface area contributed by atoms with Gasteiger partial charge in [0.2, 0.25) is 0 Å². The predicted octanol–water partition coefficient (Wildman–Crippen LogP) is -0.297. The predicted molar refractivity (Wildman–Crippen MR) is 59.4 cm³/mol. The second-order valence-electron chi connectivity index (χ2n) is 3.99. The maximum atomic E-state index is 10.7. The average Bonchev–Trinajstić information content (AvgIpc) is 2.14. The summed E-state index contributed by atoms with van der Waals surface area (Å²) in [5.74, 6) is -3.00. The number of carbonyl (C=O) groups is 2. The lowest BCUT2D eigenvalue weighted by Crippen LogP contribution is -2.31. The van der Waals surface area contributed by atoms with Crippen LogP contribution in [0.25, 0.3) is 0 Å². The van der Waals surface area contributed by atoms with Gasteiger partial charge < -0.3 is 20.4 Å². The molecule has 16 heavy (non-hydrogen) atoms. The zero-order chi connectivity index (χ0) is 12.6. The van der Waals surface area contributed by atoms with Crippen molar-refractivity contribution in [3.8, 4) is 0 Å².